The zero-order valence-corrected chi connectivity index (χ0v) is 18.8. The Morgan fingerprint density at radius 3 is 2.60 bits per heavy atom. The van der Waals surface area contributed by atoms with E-state index in [-0.39, 0.29) is 5.92 Å². The zero-order valence-electron chi connectivity index (χ0n) is 17.3. The van der Waals surface area contributed by atoms with Gasteiger partial charge in [-0.2, -0.15) is 0 Å². The summed E-state index contributed by atoms with van der Waals surface area (Å²) >= 11 is 12.9. The highest BCUT2D eigenvalue weighted by atomic mass is 35.5. The number of benzene rings is 1. The number of hydrogen-bond donors (Lipinski definition) is 0. The first-order chi connectivity index (χ1) is 14.4. The van der Waals surface area contributed by atoms with Crippen LogP contribution in [0.15, 0.2) is 43.0 Å². The van der Waals surface area contributed by atoms with Crippen LogP contribution < -0.4 is 4.74 Å². The number of rotatable bonds is 5. The van der Waals surface area contributed by atoms with E-state index in [1.807, 2.05) is 55.8 Å². The second kappa shape index (κ2) is 8.25. The first kappa shape index (κ1) is 20.6. The minimum Gasteiger partial charge on any atom is -0.493 e. The summed E-state index contributed by atoms with van der Waals surface area (Å²) < 4.78 is 8.14. The number of pyridine rings is 1. The number of nitrogens with zero attached hydrogens (tertiary/aromatic N) is 4. The molecular weight excluding hydrogens is 419 g/mol. The van der Waals surface area contributed by atoms with Gasteiger partial charge in [0.25, 0.3) is 0 Å². The van der Waals surface area contributed by atoms with Crippen molar-refractivity contribution in [1.29, 1.82) is 0 Å². The topological polar surface area (TPSA) is 52.3 Å². The van der Waals surface area contributed by atoms with Crippen LogP contribution in [0.25, 0.3) is 16.6 Å². The van der Waals surface area contributed by atoms with Crippen molar-refractivity contribution in [3.05, 3.63) is 75.8 Å². The predicted octanol–water partition coefficient (Wildman–Crippen LogP) is 6.27. The minimum absolute atomic E-state index is 0.0947. The molecule has 0 radical (unpaired) electrons. The standard InChI is InChI=1S/C23H22Cl2N4O/c1-5-30-21-17(14(3)23-28-12-19-22(25)26-8-9-29(19)23)10-18(24)15(4)20(21)16-7-6-13(2)27-11-16/h6-12,14H,5H2,1-4H3. The zero-order chi connectivity index (χ0) is 21.4. The van der Waals surface area contributed by atoms with Crippen molar-refractivity contribution in [1.82, 2.24) is 19.4 Å². The molecule has 3 heterocycles. The summed E-state index contributed by atoms with van der Waals surface area (Å²) in [5.41, 5.74) is 5.57. The third-order valence-electron chi connectivity index (χ3n) is 5.29. The third kappa shape index (κ3) is 3.53. The molecule has 5 nitrogen and oxygen atoms in total. The van der Waals surface area contributed by atoms with Gasteiger partial charge in [0.05, 0.1) is 12.8 Å². The number of halogens is 2. The van der Waals surface area contributed by atoms with Gasteiger partial charge >= 0.3 is 0 Å². The molecular formula is C23H22Cl2N4O. The molecule has 0 amide bonds. The van der Waals surface area contributed by atoms with E-state index < -0.39 is 0 Å². The second-order valence-electron chi connectivity index (χ2n) is 7.21. The number of hydrogen-bond acceptors (Lipinski definition) is 4. The van der Waals surface area contributed by atoms with Crippen molar-refractivity contribution in [3.8, 4) is 16.9 Å². The molecule has 0 aliphatic carbocycles. The predicted molar refractivity (Wildman–Crippen MR) is 121 cm³/mol. The van der Waals surface area contributed by atoms with E-state index in [9.17, 15) is 0 Å². The Kier molecular flexibility index (Phi) is 5.67. The van der Waals surface area contributed by atoms with Gasteiger partial charge in [0.15, 0.2) is 5.15 Å². The lowest BCUT2D eigenvalue weighted by molar-refractivity contribution is 0.336. The van der Waals surface area contributed by atoms with E-state index in [0.717, 1.165) is 45.0 Å². The fourth-order valence-electron chi connectivity index (χ4n) is 3.70. The summed E-state index contributed by atoms with van der Waals surface area (Å²) in [5, 5.41) is 1.10. The molecule has 0 fully saturated rings. The molecule has 1 atom stereocenters. The lowest BCUT2D eigenvalue weighted by Crippen LogP contribution is -2.08. The minimum atomic E-state index is -0.0947. The highest BCUT2D eigenvalue weighted by molar-refractivity contribution is 6.32. The molecule has 3 aromatic heterocycles. The van der Waals surface area contributed by atoms with E-state index in [1.165, 1.54) is 0 Å². The maximum atomic E-state index is 6.69. The quantitative estimate of drug-likeness (QED) is 0.367. The van der Waals surface area contributed by atoms with Gasteiger partial charge in [0, 0.05) is 51.9 Å². The molecule has 4 rings (SSSR count). The molecule has 7 heteroatoms. The first-order valence-electron chi connectivity index (χ1n) is 9.78. The number of fused-ring (bicyclic) bond motifs is 1. The lowest BCUT2D eigenvalue weighted by atomic mass is 9.91. The SMILES string of the molecule is CCOc1c(C(C)c2ncc3c(Cl)nccn23)cc(Cl)c(C)c1-c1ccc(C)nc1. The van der Waals surface area contributed by atoms with Crippen molar-refractivity contribution < 1.29 is 4.74 Å². The van der Waals surface area contributed by atoms with Gasteiger partial charge < -0.3 is 4.74 Å². The molecule has 0 bridgehead atoms. The molecule has 0 aliphatic heterocycles. The van der Waals surface area contributed by atoms with Crippen LogP contribution in [0.5, 0.6) is 5.75 Å². The van der Waals surface area contributed by atoms with Crippen molar-refractivity contribution >= 4 is 28.7 Å². The Hall–Kier alpha value is -2.63. The largest absolute Gasteiger partial charge is 0.493 e. The Bertz CT molecular complexity index is 1220. The summed E-state index contributed by atoms with van der Waals surface area (Å²) in [6.45, 7) is 8.57. The van der Waals surface area contributed by atoms with Crippen LogP contribution in [0.2, 0.25) is 10.2 Å². The van der Waals surface area contributed by atoms with E-state index in [2.05, 4.69) is 21.9 Å². The van der Waals surface area contributed by atoms with Crippen LogP contribution in [0.4, 0.5) is 0 Å². The molecule has 154 valence electrons. The fraction of sp³-hybridized carbons (Fsp3) is 0.261. The molecule has 30 heavy (non-hydrogen) atoms. The Balaban J connectivity index is 1.94. The number of aromatic nitrogens is 4. The molecule has 0 aliphatic rings. The number of imidazole rings is 1. The second-order valence-corrected chi connectivity index (χ2v) is 7.97. The van der Waals surface area contributed by atoms with Crippen molar-refractivity contribution in [2.45, 2.75) is 33.6 Å². The lowest BCUT2D eigenvalue weighted by Gasteiger charge is -2.22. The molecule has 0 saturated heterocycles. The average Bonchev–Trinajstić information content (AvgIpc) is 3.17. The summed E-state index contributed by atoms with van der Waals surface area (Å²) in [7, 11) is 0. The summed E-state index contributed by atoms with van der Waals surface area (Å²) in [6, 6.07) is 6.02. The van der Waals surface area contributed by atoms with Gasteiger partial charge in [-0.1, -0.05) is 36.2 Å². The van der Waals surface area contributed by atoms with Gasteiger partial charge in [0.1, 0.15) is 17.1 Å². The number of aryl methyl sites for hydroxylation is 1. The Morgan fingerprint density at radius 1 is 1.10 bits per heavy atom. The average molecular weight is 441 g/mol. The van der Waals surface area contributed by atoms with Crippen LogP contribution in [-0.4, -0.2) is 26.0 Å². The molecule has 0 saturated carbocycles. The molecule has 4 aromatic rings. The highest BCUT2D eigenvalue weighted by Gasteiger charge is 2.25. The molecule has 1 unspecified atom stereocenters. The maximum absolute atomic E-state index is 6.69. The monoisotopic (exact) mass is 440 g/mol. The normalized spacial score (nSPS) is 12.3. The van der Waals surface area contributed by atoms with Crippen LogP contribution >= 0.6 is 23.2 Å². The summed E-state index contributed by atoms with van der Waals surface area (Å²) in [5.74, 6) is 1.54. The fourth-order valence-corrected chi connectivity index (χ4v) is 4.11. The molecule has 1 aromatic carbocycles. The van der Waals surface area contributed by atoms with Crippen LogP contribution in [0, 0.1) is 13.8 Å². The number of ether oxygens (including phenoxy) is 1. The van der Waals surface area contributed by atoms with E-state index in [4.69, 9.17) is 27.9 Å². The van der Waals surface area contributed by atoms with Gasteiger partial charge in [-0.25, -0.2) is 9.97 Å². The van der Waals surface area contributed by atoms with Gasteiger partial charge in [0.2, 0.25) is 0 Å². The van der Waals surface area contributed by atoms with Crippen LogP contribution in [-0.2, 0) is 0 Å². The Morgan fingerprint density at radius 2 is 1.90 bits per heavy atom. The third-order valence-corrected chi connectivity index (χ3v) is 5.97. The highest BCUT2D eigenvalue weighted by Crippen LogP contribution is 2.44. The summed E-state index contributed by atoms with van der Waals surface area (Å²) in [6.07, 6.45) is 7.13. The van der Waals surface area contributed by atoms with Gasteiger partial charge in [-0.3, -0.25) is 9.38 Å². The van der Waals surface area contributed by atoms with Crippen molar-refractivity contribution in [2.75, 3.05) is 6.61 Å². The smallest absolute Gasteiger partial charge is 0.154 e. The molecule has 0 spiro atoms. The van der Waals surface area contributed by atoms with Crippen molar-refractivity contribution in [3.63, 3.8) is 0 Å². The van der Waals surface area contributed by atoms with Crippen LogP contribution in [0.3, 0.4) is 0 Å². The van der Waals surface area contributed by atoms with Gasteiger partial charge in [-0.05, 0) is 38.5 Å². The van der Waals surface area contributed by atoms with Gasteiger partial charge in [-0.15, -0.1) is 0 Å². The Labute approximate surface area is 185 Å². The van der Waals surface area contributed by atoms with E-state index in [0.29, 0.717) is 16.8 Å². The summed E-state index contributed by atoms with van der Waals surface area (Å²) in [4.78, 5) is 13.2. The van der Waals surface area contributed by atoms with Crippen molar-refractivity contribution in [2.24, 2.45) is 0 Å². The molecule has 0 N–H and O–H groups in total. The maximum Gasteiger partial charge on any atom is 0.154 e. The first-order valence-corrected chi connectivity index (χ1v) is 10.5. The van der Waals surface area contributed by atoms with Crippen LogP contribution in [0.1, 0.15) is 42.4 Å². The van der Waals surface area contributed by atoms with E-state index >= 15 is 0 Å². The van der Waals surface area contributed by atoms with E-state index in [1.54, 1.807) is 12.4 Å².